The minimum Gasteiger partial charge on any atom is -0.312 e. The van der Waals surface area contributed by atoms with Crippen LogP contribution < -0.4 is 10.6 Å². The molecule has 7 heteroatoms. The van der Waals surface area contributed by atoms with Gasteiger partial charge in [0.1, 0.15) is 5.82 Å². The minimum atomic E-state index is -0.226. The molecule has 0 saturated heterocycles. The molecular weight excluding hydrogens is 220 g/mol. The van der Waals surface area contributed by atoms with E-state index >= 15 is 0 Å². The summed E-state index contributed by atoms with van der Waals surface area (Å²) >= 11 is 0. The third kappa shape index (κ3) is 1.80. The molecule has 88 valence electrons. The van der Waals surface area contributed by atoms with Crippen LogP contribution in [0, 0.1) is 0 Å². The molecule has 7 nitrogen and oxygen atoms in total. The zero-order valence-electron chi connectivity index (χ0n) is 9.08. The Morgan fingerprint density at radius 2 is 2.35 bits per heavy atom. The van der Waals surface area contributed by atoms with E-state index in [1.807, 2.05) is 0 Å². The predicted molar refractivity (Wildman–Crippen MR) is 60.5 cm³/mol. The van der Waals surface area contributed by atoms with Crippen LogP contribution in [0.4, 0.5) is 5.82 Å². The van der Waals surface area contributed by atoms with E-state index in [-0.39, 0.29) is 5.91 Å². The van der Waals surface area contributed by atoms with Crippen LogP contribution in [0.2, 0.25) is 0 Å². The molecule has 0 bridgehead atoms. The van der Waals surface area contributed by atoms with Crippen LogP contribution in [0.3, 0.4) is 0 Å². The lowest BCUT2D eigenvalue weighted by Gasteiger charge is -2.12. The maximum absolute atomic E-state index is 12.0. The number of carbonyl (C=O) groups is 1. The first-order valence-electron chi connectivity index (χ1n) is 5.42. The Bertz CT molecular complexity index is 529. The SMILES string of the molecule is O=C(Nc1ccn[nH]1)c1n[nH]c2c1CNCC2. The van der Waals surface area contributed by atoms with Crippen LogP contribution in [0.15, 0.2) is 12.3 Å². The van der Waals surface area contributed by atoms with Crippen molar-refractivity contribution in [3.63, 3.8) is 0 Å². The first kappa shape index (κ1) is 10.0. The Kier molecular flexibility index (Phi) is 2.37. The van der Waals surface area contributed by atoms with Gasteiger partial charge >= 0.3 is 0 Å². The lowest BCUT2D eigenvalue weighted by atomic mass is 10.1. The monoisotopic (exact) mass is 232 g/mol. The average molecular weight is 232 g/mol. The fourth-order valence-corrected chi connectivity index (χ4v) is 1.92. The van der Waals surface area contributed by atoms with Crippen molar-refractivity contribution in [3.8, 4) is 0 Å². The Morgan fingerprint density at radius 3 is 3.18 bits per heavy atom. The van der Waals surface area contributed by atoms with Crippen LogP contribution in [-0.4, -0.2) is 32.8 Å². The normalized spacial score (nSPS) is 14.4. The molecule has 0 aliphatic carbocycles. The number of anilines is 1. The lowest BCUT2D eigenvalue weighted by Crippen LogP contribution is -2.25. The number of fused-ring (bicyclic) bond motifs is 1. The molecule has 0 fully saturated rings. The van der Waals surface area contributed by atoms with Gasteiger partial charge in [-0.05, 0) is 0 Å². The van der Waals surface area contributed by atoms with Gasteiger partial charge in [-0.15, -0.1) is 0 Å². The molecule has 3 heterocycles. The highest BCUT2D eigenvalue weighted by atomic mass is 16.2. The van der Waals surface area contributed by atoms with Crippen LogP contribution in [0.5, 0.6) is 0 Å². The fraction of sp³-hybridized carbons (Fsp3) is 0.300. The minimum absolute atomic E-state index is 0.226. The van der Waals surface area contributed by atoms with Crippen molar-refractivity contribution in [1.82, 2.24) is 25.7 Å². The molecule has 0 unspecified atom stereocenters. The average Bonchev–Trinajstić information content (AvgIpc) is 2.96. The Hall–Kier alpha value is -2.15. The molecule has 0 saturated carbocycles. The number of rotatable bonds is 2. The maximum atomic E-state index is 12.0. The summed E-state index contributed by atoms with van der Waals surface area (Å²) in [6.07, 6.45) is 2.46. The van der Waals surface area contributed by atoms with Gasteiger partial charge in [-0.3, -0.25) is 15.0 Å². The van der Waals surface area contributed by atoms with Crippen molar-refractivity contribution in [2.75, 3.05) is 11.9 Å². The molecule has 2 aromatic heterocycles. The second-order valence-electron chi connectivity index (χ2n) is 3.88. The van der Waals surface area contributed by atoms with Crippen molar-refractivity contribution in [2.24, 2.45) is 0 Å². The van der Waals surface area contributed by atoms with Crippen molar-refractivity contribution in [2.45, 2.75) is 13.0 Å². The zero-order chi connectivity index (χ0) is 11.7. The van der Waals surface area contributed by atoms with E-state index in [4.69, 9.17) is 0 Å². The van der Waals surface area contributed by atoms with Crippen LogP contribution in [-0.2, 0) is 13.0 Å². The largest absolute Gasteiger partial charge is 0.312 e. The highest BCUT2D eigenvalue weighted by Crippen LogP contribution is 2.16. The molecule has 0 spiro atoms. The standard InChI is InChI=1S/C10H12N6O/c17-10(13-8-2-4-12-15-8)9-6-5-11-3-1-7(6)14-16-9/h2,4,11H,1,3,5H2,(H,14,16)(H2,12,13,15,17). The molecule has 1 aliphatic rings. The molecule has 17 heavy (non-hydrogen) atoms. The predicted octanol–water partition coefficient (Wildman–Crippen LogP) is 0.0308. The van der Waals surface area contributed by atoms with E-state index in [0.29, 0.717) is 18.1 Å². The first-order chi connectivity index (χ1) is 8.34. The topological polar surface area (TPSA) is 98.5 Å². The van der Waals surface area contributed by atoms with Gasteiger partial charge in [0.05, 0.1) is 6.20 Å². The Morgan fingerprint density at radius 1 is 1.41 bits per heavy atom. The van der Waals surface area contributed by atoms with Gasteiger partial charge in [0.25, 0.3) is 5.91 Å². The van der Waals surface area contributed by atoms with E-state index in [0.717, 1.165) is 24.2 Å². The van der Waals surface area contributed by atoms with Crippen molar-refractivity contribution in [3.05, 3.63) is 29.2 Å². The van der Waals surface area contributed by atoms with E-state index in [1.54, 1.807) is 12.3 Å². The van der Waals surface area contributed by atoms with E-state index in [1.165, 1.54) is 0 Å². The second kappa shape index (κ2) is 4.02. The number of hydrogen-bond donors (Lipinski definition) is 4. The lowest BCUT2D eigenvalue weighted by molar-refractivity contribution is 0.102. The van der Waals surface area contributed by atoms with Crippen LogP contribution >= 0.6 is 0 Å². The van der Waals surface area contributed by atoms with Crippen molar-refractivity contribution >= 4 is 11.7 Å². The second-order valence-corrected chi connectivity index (χ2v) is 3.88. The molecule has 0 aromatic carbocycles. The Balaban J connectivity index is 1.84. The quantitative estimate of drug-likeness (QED) is 0.587. The Labute approximate surface area is 97.0 Å². The molecule has 2 aromatic rings. The molecule has 3 rings (SSSR count). The fourth-order valence-electron chi connectivity index (χ4n) is 1.92. The maximum Gasteiger partial charge on any atom is 0.277 e. The third-order valence-corrected chi connectivity index (χ3v) is 2.77. The summed E-state index contributed by atoms with van der Waals surface area (Å²) in [7, 11) is 0. The molecule has 0 atom stereocenters. The van der Waals surface area contributed by atoms with Gasteiger partial charge in [-0.2, -0.15) is 10.2 Å². The molecule has 1 aliphatic heterocycles. The number of amides is 1. The third-order valence-electron chi connectivity index (χ3n) is 2.77. The number of H-pyrrole nitrogens is 2. The van der Waals surface area contributed by atoms with E-state index < -0.39 is 0 Å². The van der Waals surface area contributed by atoms with Gasteiger partial charge in [-0.1, -0.05) is 0 Å². The molecule has 1 amide bonds. The van der Waals surface area contributed by atoms with Gasteiger partial charge in [0.15, 0.2) is 5.69 Å². The van der Waals surface area contributed by atoms with Crippen LogP contribution in [0.25, 0.3) is 0 Å². The van der Waals surface area contributed by atoms with E-state index in [9.17, 15) is 4.79 Å². The number of aromatic amines is 2. The van der Waals surface area contributed by atoms with Gasteiger partial charge < -0.3 is 10.6 Å². The summed E-state index contributed by atoms with van der Waals surface area (Å²) in [5.41, 5.74) is 2.44. The van der Waals surface area contributed by atoms with Crippen molar-refractivity contribution < 1.29 is 4.79 Å². The zero-order valence-corrected chi connectivity index (χ0v) is 9.08. The summed E-state index contributed by atoms with van der Waals surface area (Å²) in [4.78, 5) is 12.0. The van der Waals surface area contributed by atoms with Gasteiger partial charge in [0.2, 0.25) is 0 Å². The van der Waals surface area contributed by atoms with Gasteiger partial charge in [-0.25, -0.2) is 0 Å². The highest BCUT2D eigenvalue weighted by molar-refractivity contribution is 6.03. The number of carbonyl (C=O) groups excluding carboxylic acids is 1. The summed E-state index contributed by atoms with van der Waals surface area (Å²) in [5.74, 6) is 0.339. The van der Waals surface area contributed by atoms with Crippen LogP contribution in [0.1, 0.15) is 21.7 Å². The van der Waals surface area contributed by atoms with Crippen molar-refractivity contribution in [1.29, 1.82) is 0 Å². The molecule has 4 N–H and O–H groups in total. The molecule has 0 radical (unpaired) electrons. The number of nitrogens with zero attached hydrogens (tertiary/aromatic N) is 2. The number of hydrogen-bond acceptors (Lipinski definition) is 4. The molecular formula is C10H12N6O. The summed E-state index contributed by atoms with van der Waals surface area (Å²) in [6, 6.07) is 1.69. The highest BCUT2D eigenvalue weighted by Gasteiger charge is 2.21. The number of aromatic nitrogens is 4. The smallest absolute Gasteiger partial charge is 0.277 e. The summed E-state index contributed by atoms with van der Waals surface area (Å²) < 4.78 is 0. The summed E-state index contributed by atoms with van der Waals surface area (Å²) in [6.45, 7) is 1.59. The van der Waals surface area contributed by atoms with Gasteiger partial charge in [0, 0.05) is 36.8 Å². The number of nitrogens with one attached hydrogen (secondary N) is 4. The van der Waals surface area contributed by atoms with E-state index in [2.05, 4.69) is 31.0 Å². The first-order valence-corrected chi connectivity index (χ1v) is 5.42. The summed E-state index contributed by atoms with van der Waals surface area (Å²) in [5, 5.41) is 19.3.